The molecule has 0 unspecified atom stereocenters. The predicted octanol–water partition coefficient (Wildman–Crippen LogP) is 7.69. The third kappa shape index (κ3) is 6.53. The van der Waals surface area contributed by atoms with E-state index in [0.29, 0.717) is 10.8 Å². The van der Waals surface area contributed by atoms with Crippen molar-refractivity contribution in [2.75, 3.05) is 12.4 Å². The largest absolute Gasteiger partial charge is 0.482 e. The first-order chi connectivity index (χ1) is 16.6. The minimum Gasteiger partial charge on any atom is -0.482 e. The third-order valence-electron chi connectivity index (χ3n) is 5.18. The third-order valence-corrected chi connectivity index (χ3v) is 6.37. The van der Waals surface area contributed by atoms with Gasteiger partial charge in [-0.3, -0.25) is 0 Å². The molecule has 5 heteroatoms. The summed E-state index contributed by atoms with van der Waals surface area (Å²) < 4.78 is 5.20. The van der Waals surface area contributed by atoms with Crippen LogP contribution < -0.4 is 4.74 Å². The van der Waals surface area contributed by atoms with Gasteiger partial charge < -0.3 is 9.84 Å². The normalized spacial score (nSPS) is 11.3. The second-order valence-corrected chi connectivity index (χ2v) is 9.06. The molecule has 0 aliphatic rings. The van der Waals surface area contributed by atoms with E-state index >= 15 is 0 Å². The quantitative estimate of drug-likeness (QED) is 0.246. The summed E-state index contributed by atoms with van der Waals surface area (Å²) in [4.78, 5) is 11.7. The Hall–Kier alpha value is -3.47. The van der Waals surface area contributed by atoms with Gasteiger partial charge in [0.05, 0.1) is 0 Å². The summed E-state index contributed by atoms with van der Waals surface area (Å²) in [7, 11) is 0. The highest BCUT2D eigenvalue weighted by molar-refractivity contribution is 7.99. The van der Waals surface area contributed by atoms with Crippen LogP contribution in [-0.4, -0.2) is 23.4 Å². The van der Waals surface area contributed by atoms with Gasteiger partial charge in [0.1, 0.15) is 5.75 Å². The van der Waals surface area contributed by atoms with Crippen LogP contribution in [0.3, 0.4) is 0 Å². The average Bonchev–Trinajstić information content (AvgIpc) is 2.87. The lowest BCUT2D eigenvalue weighted by Gasteiger charge is -2.11. The van der Waals surface area contributed by atoms with Gasteiger partial charge in [0, 0.05) is 15.7 Å². The second-order valence-electron chi connectivity index (χ2n) is 7.53. The number of aliphatic carboxylic acids is 1. The van der Waals surface area contributed by atoms with Crippen molar-refractivity contribution in [2.24, 2.45) is 0 Å². The Kier molecular flexibility index (Phi) is 8.08. The molecule has 4 rings (SSSR count). The Bertz CT molecular complexity index is 1250. The summed E-state index contributed by atoms with van der Waals surface area (Å²) in [5, 5.41) is 9.44. The van der Waals surface area contributed by atoms with Gasteiger partial charge in [0.25, 0.3) is 0 Å². The lowest BCUT2D eigenvalue weighted by Crippen LogP contribution is -2.09. The van der Waals surface area contributed by atoms with E-state index in [4.69, 9.17) is 21.4 Å². The lowest BCUT2D eigenvalue weighted by molar-refractivity contribution is -0.139. The number of hydrogen-bond donors (Lipinski definition) is 1. The summed E-state index contributed by atoms with van der Waals surface area (Å²) in [6.07, 6.45) is 2.22. The van der Waals surface area contributed by atoms with Crippen LogP contribution in [0.15, 0.2) is 114 Å². The maximum atomic E-state index is 10.6. The van der Waals surface area contributed by atoms with Gasteiger partial charge in [-0.1, -0.05) is 84.4 Å². The molecule has 3 nitrogen and oxygen atoms in total. The number of carbonyl (C=O) groups is 1. The summed E-state index contributed by atoms with van der Waals surface area (Å²) in [5.41, 5.74) is 5.76. The fraction of sp³-hybridized carbons (Fsp3) is 0.0690. The highest BCUT2D eigenvalue weighted by atomic mass is 35.5. The number of hydrogen-bond acceptors (Lipinski definition) is 3. The molecule has 0 heterocycles. The van der Waals surface area contributed by atoms with Crippen molar-refractivity contribution in [3.63, 3.8) is 0 Å². The van der Waals surface area contributed by atoms with Crippen molar-refractivity contribution in [2.45, 2.75) is 4.90 Å². The van der Waals surface area contributed by atoms with E-state index < -0.39 is 5.97 Å². The molecular weight excluding hydrogens is 464 g/mol. The van der Waals surface area contributed by atoms with Crippen molar-refractivity contribution < 1.29 is 14.6 Å². The number of carboxylic acids is 1. The molecule has 4 aromatic carbocycles. The zero-order chi connectivity index (χ0) is 23.8. The maximum Gasteiger partial charge on any atom is 0.341 e. The van der Waals surface area contributed by atoms with Crippen LogP contribution in [0.1, 0.15) is 11.1 Å². The molecule has 4 aromatic rings. The van der Waals surface area contributed by atoms with Crippen LogP contribution in [0.4, 0.5) is 0 Å². The van der Waals surface area contributed by atoms with Gasteiger partial charge >= 0.3 is 5.97 Å². The van der Waals surface area contributed by atoms with Crippen molar-refractivity contribution in [1.29, 1.82) is 0 Å². The molecule has 1 N–H and O–H groups in total. The van der Waals surface area contributed by atoms with Crippen molar-refractivity contribution in [3.05, 3.63) is 125 Å². The van der Waals surface area contributed by atoms with Gasteiger partial charge in [0.15, 0.2) is 6.61 Å². The first kappa shape index (κ1) is 23.7. The Morgan fingerprint density at radius 3 is 2.00 bits per heavy atom. The van der Waals surface area contributed by atoms with E-state index in [1.54, 1.807) is 23.9 Å². The molecule has 0 saturated carbocycles. The molecule has 0 saturated heterocycles. The summed E-state index contributed by atoms with van der Waals surface area (Å²) in [6, 6.07) is 34.3. The SMILES string of the molecule is O=C(O)COc1ccc(SCC=C(c2ccc(Cl)cc2)c2ccc(-c3ccccc3)cc2)cc1. The zero-order valence-corrected chi connectivity index (χ0v) is 19.9. The van der Waals surface area contributed by atoms with Gasteiger partial charge in [-0.2, -0.15) is 0 Å². The molecule has 0 radical (unpaired) electrons. The molecule has 0 fully saturated rings. The predicted molar refractivity (Wildman–Crippen MR) is 141 cm³/mol. The van der Waals surface area contributed by atoms with E-state index in [9.17, 15) is 4.79 Å². The summed E-state index contributed by atoms with van der Waals surface area (Å²) in [5.74, 6) is 0.325. The fourth-order valence-electron chi connectivity index (χ4n) is 3.50. The molecule has 0 aromatic heterocycles. The zero-order valence-electron chi connectivity index (χ0n) is 18.4. The molecule has 0 spiro atoms. The summed E-state index contributed by atoms with van der Waals surface area (Å²) in [6.45, 7) is -0.345. The number of thioether (sulfide) groups is 1. The first-order valence-electron chi connectivity index (χ1n) is 10.8. The molecule has 0 atom stereocenters. The van der Waals surface area contributed by atoms with Crippen LogP contribution in [0.2, 0.25) is 5.02 Å². The number of benzene rings is 4. The Balaban J connectivity index is 1.52. The minimum atomic E-state index is -0.991. The number of halogens is 1. The van der Waals surface area contributed by atoms with Crippen LogP contribution in [0.5, 0.6) is 5.75 Å². The van der Waals surface area contributed by atoms with E-state index in [0.717, 1.165) is 27.3 Å². The molecule has 170 valence electrons. The van der Waals surface area contributed by atoms with Crippen LogP contribution in [-0.2, 0) is 4.79 Å². The van der Waals surface area contributed by atoms with E-state index in [1.165, 1.54) is 11.1 Å². The molecule has 0 amide bonds. The van der Waals surface area contributed by atoms with Gasteiger partial charge in [-0.25, -0.2) is 4.79 Å². The molecule has 0 bridgehead atoms. The summed E-state index contributed by atoms with van der Waals surface area (Å²) >= 11 is 7.82. The van der Waals surface area contributed by atoms with E-state index in [2.05, 4.69) is 42.5 Å². The second kappa shape index (κ2) is 11.6. The number of carboxylic acid groups (broad SMARTS) is 1. The van der Waals surface area contributed by atoms with Crippen LogP contribution >= 0.6 is 23.4 Å². The topological polar surface area (TPSA) is 46.5 Å². The monoisotopic (exact) mass is 486 g/mol. The molecular formula is C29H23ClO3S. The standard InChI is InChI=1S/C29H23ClO3S/c30-25-12-10-24(11-13-25)28(23-8-6-22(7-9-23)21-4-2-1-3-5-21)18-19-34-27-16-14-26(15-17-27)33-20-29(31)32/h1-18H,19-20H2,(H,31,32). The highest BCUT2D eigenvalue weighted by Crippen LogP contribution is 2.29. The molecule has 34 heavy (non-hydrogen) atoms. The Labute approximate surface area is 208 Å². The fourth-order valence-corrected chi connectivity index (χ4v) is 4.40. The highest BCUT2D eigenvalue weighted by Gasteiger charge is 2.07. The lowest BCUT2D eigenvalue weighted by atomic mass is 9.95. The Morgan fingerprint density at radius 2 is 1.38 bits per heavy atom. The Morgan fingerprint density at radius 1 is 0.794 bits per heavy atom. The minimum absolute atomic E-state index is 0.345. The van der Waals surface area contributed by atoms with Crippen molar-refractivity contribution in [3.8, 4) is 16.9 Å². The van der Waals surface area contributed by atoms with Gasteiger partial charge in [-0.05, 0) is 64.2 Å². The average molecular weight is 487 g/mol. The maximum absolute atomic E-state index is 10.6. The van der Waals surface area contributed by atoms with E-state index in [-0.39, 0.29) is 6.61 Å². The van der Waals surface area contributed by atoms with Crippen LogP contribution in [0, 0.1) is 0 Å². The number of ether oxygens (including phenoxy) is 1. The van der Waals surface area contributed by atoms with E-state index in [1.807, 2.05) is 54.6 Å². The van der Waals surface area contributed by atoms with Gasteiger partial charge in [-0.15, -0.1) is 11.8 Å². The van der Waals surface area contributed by atoms with Gasteiger partial charge in [0.2, 0.25) is 0 Å². The first-order valence-corrected chi connectivity index (χ1v) is 12.1. The number of rotatable bonds is 9. The van der Waals surface area contributed by atoms with Crippen LogP contribution in [0.25, 0.3) is 16.7 Å². The van der Waals surface area contributed by atoms with Crippen molar-refractivity contribution >= 4 is 34.9 Å². The molecule has 0 aliphatic heterocycles. The smallest absolute Gasteiger partial charge is 0.341 e. The molecule has 0 aliphatic carbocycles. The van der Waals surface area contributed by atoms with Crippen molar-refractivity contribution in [1.82, 2.24) is 0 Å².